The van der Waals surface area contributed by atoms with Crippen molar-refractivity contribution in [3.8, 4) is 0 Å². The van der Waals surface area contributed by atoms with Crippen molar-refractivity contribution >= 4 is 27.5 Å². The van der Waals surface area contributed by atoms with Crippen LogP contribution in [0.2, 0.25) is 0 Å². The van der Waals surface area contributed by atoms with E-state index < -0.39 is 0 Å². The van der Waals surface area contributed by atoms with Crippen LogP contribution in [0.4, 0.5) is 5.69 Å². The fourth-order valence-corrected chi connectivity index (χ4v) is 1.73. The topological polar surface area (TPSA) is 54.9 Å². The molecule has 0 saturated carbocycles. The number of nitrogens with zero attached hydrogens (tertiary/aromatic N) is 2. The molecule has 2 rings (SSSR count). The third kappa shape index (κ3) is 2.68. The molecule has 0 fully saturated rings. The Kier molecular flexibility index (Phi) is 3.49. The van der Waals surface area contributed by atoms with E-state index in [1.807, 2.05) is 25.1 Å². The molecule has 0 aliphatic rings. The number of rotatable bonds is 2. The predicted molar refractivity (Wildman–Crippen MR) is 68.9 cm³/mol. The number of carbonyl (C=O) groups excluding carboxylic acids is 1. The molecule has 2 aromatic rings. The summed E-state index contributed by atoms with van der Waals surface area (Å²) in [6, 6.07) is 7.28. The van der Waals surface area contributed by atoms with Gasteiger partial charge in [-0.2, -0.15) is 10.2 Å². The highest BCUT2D eigenvalue weighted by atomic mass is 79.9. The number of halogens is 1. The van der Waals surface area contributed by atoms with Crippen LogP contribution in [0.3, 0.4) is 0 Å². The van der Waals surface area contributed by atoms with E-state index in [1.54, 1.807) is 6.07 Å². The van der Waals surface area contributed by atoms with Crippen LogP contribution < -0.4 is 5.32 Å². The smallest absolute Gasteiger partial charge is 0.257 e. The number of hydrogen-bond acceptors (Lipinski definition) is 3. The number of nitrogens with one attached hydrogen (secondary N) is 1. The molecular weight excluding hydrogens is 282 g/mol. The quantitative estimate of drug-likeness (QED) is 0.926. The van der Waals surface area contributed by atoms with Gasteiger partial charge in [0, 0.05) is 10.2 Å². The summed E-state index contributed by atoms with van der Waals surface area (Å²) in [5.41, 5.74) is 2.25. The second-order valence-corrected chi connectivity index (χ2v) is 4.35. The molecule has 0 radical (unpaired) electrons. The average Bonchev–Trinajstić information content (AvgIpc) is 2.36. The van der Waals surface area contributed by atoms with E-state index in [4.69, 9.17) is 0 Å². The Morgan fingerprint density at radius 2 is 2.12 bits per heavy atom. The highest BCUT2D eigenvalue weighted by molar-refractivity contribution is 9.10. The van der Waals surface area contributed by atoms with Crippen LogP contribution in [0.15, 0.2) is 41.1 Å². The number of aromatic nitrogens is 2. The summed E-state index contributed by atoms with van der Waals surface area (Å²) in [5.74, 6) is -0.193. The van der Waals surface area contributed by atoms with E-state index in [-0.39, 0.29) is 5.91 Å². The third-order valence-electron chi connectivity index (χ3n) is 2.36. The van der Waals surface area contributed by atoms with Crippen LogP contribution in [0.25, 0.3) is 0 Å². The van der Waals surface area contributed by atoms with E-state index in [9.17, 15) is 4.79 Å². The van der Waals surface area contributed by atoms with Gasteiger partial charge in [-0.15, -0.1) is 0 Å². The molecule has 0 bridgehead atoms. The maximum absolute atomic E-state index is 11.9. The van der Waals surface area contributed by atoms with Crippen molar-refractivity contribution in [2.75, 3.05) is 5.32 Å². The van der Waals surface area contributed by atoms with Gasteiger partial charge >= 0.3 is 0 Å². The zero-order chi connectivity index (χ0) is 12.3. The summed E-state index contributed by atoms with van der Waals surface area (Å²) in [6.07, 6.45) is 2.92. The first-order chi connectivity index (χ1) is 8.18. The van der Waals surface area contributed by atoms with Gasteiger partial charge in [0.05, 0.1) is 18.0 Å². The second kappa shape index (κ2) is 5.05. The Labute approximate surface area is 107 Å². The van der Waals surface area contributed by atoms with Crippen LogP contribution in [0.1, 0.15) is 15.9 Å². The van der Waals surface area contributed by atoms with Crippen molar-refractivity contribution in [3.63, 3.8) is 0 Å². The SMILES string of the molecule is Cc1c(Br)cccc1NC(=O)c1ccnnc1. The summed E-state index contributed by atoms with van der Waals surface area (Å²) in [7, 11) is 0. The Morgan fingerprint density at radius 3 is 2.82 bits per heavy atom. The molecule has 1 aromatic carbocycles. The van der Waals surface area contributed by atoms with E-state index in [0.29, 0.717) is 5.56 Å². The van der Waals surface area contributed by atoms with Gasteiger partial charge in [0.2, 0.25) is 0 Å². The van der Waals surface area contributed by atoms with Crippen LogP contribution >= 0.6 is 15.9 Å². The van der Waals surface area contributed by atoms with E-state index in [1.165, 1.54) is 12.4 Å². The van der Waals surface area contributed by atoms with Crippen LogP contribution in [-0.4, -0.2) is 16.1 Å². The predicted octanol–water partition coefficient (Wildman–Crippen LogP) is 2.80. The van der Waals surface area contributed by atoms with Crippen molar-refractivity contribution in [1.29, 1.82) is 0 Å². The first-order valence-electron chi connectivity index (χ1n) is 5.01. The number of benzene rings is 1. The molecule has 1 aromatic heterocycles. The summed E-state index contributed by atoms with van der Waals surface area (Å²) in [6.45, 7) is 1.94. The van der Waals surface area contributed by atoms with Gasteiger partial charge < -0.3 is 5.32 Å². The molecule has 0 aliphatic heterocycles. The lowest BCUT2D eigenvalue weighted by Gasteiger charge is -2.09. The average molecular weight is 292 g/mol. The van der Waals surface area contributed by atoms with E-state index in [0.717, 1.165) is 15.7 Å². The van der Waals surface area contributed by atoms with Crippen molar-refractivity contribution in [3.05, 3.63) is 52.3 Å². The Morgan fingerprint density at radius 1 is 1.29 bits per heavy atom. The zero-order valence-corrected chi connectivity index (χ0v) is 10.7. The monoisotopic (exact) mass is 291 g/mol. The fourth-order valence-electron chi connectivity index (χ4n) is 1.36. The molecule has 1 N–H and O–H groups in total. The van der Waals surface area contributed by atoms with E-state index in [2.05, 4.69) is 31.4 Å². The molecule has 0 unspecified atom stereocenters. The molecule has 1 heterocycles. The zero-order valence-electron chi connectivity index (χ0n) is 9.14. The van der Waals surface area contributed by atoms with Crippen molar-refractivity contribution in [2.45, 2.75) is 6.92 Å². The van der Waals surface area contributed by atoms with Gasteiger partial charge in [0.25, 0.3) is 5.91 Å². The second-order valence-electron chi connectivity index (χ2n) is 3.50. The Bertz CT molecular complexity index is 543. The maximum Gasteiger partial charge on any atom is 0.257 e. The van der Waals surface area contributed by atoms with E-state index >= 15 is 0 Å². The normalized spacial score (nSPS) is 10.0. The Hall–Kier alpha value is -1.75. The highest BCUT2D eigenvalue weighted by Gasteiger charge is 2.08. The van der Waals surface area contributed by atoms with Gasteiger partial charge in [-0.1, -0.05) is 22.0 Å². The molecule has 5 heteroatoms. The summed E-state index contributed by atoms with van der Waals surface area (Å²) in [4.78, 5) is 11.9. The minimum atomic E-state index is -0.193. The molecule has 1 amide bonds. The molecular formula is C12H10BrN3O. The van der Waals surface area contributed by atoms with Gasteiger partial charge in [-0.05, 0) is 30.7 Å². The van der Waals surface area contributed by atoms with Crippen molar-refractivity contribution in [1.82, 2.24) is 10.2 Å². The minimum Gasteiger partial charge on any atom is -0.322 e. The lowest BCUT2D eigenvalue weighted by Crippen LogP contribution is -2.13. The first kappa shape index (κ1) is 11.7. The summed E-state index contributed by atoms with van der Waals surface area (Å²) >= 11 is 3.42. The van der Waals surface area contributed by atoms with Crippen LogP contribution in [0.5, 0.6) is 0 Å². The number of amides is 1. The fraction of sp³-hybridized carbons (Fsp3) is 0.0833. The Balaban J connectivity index is 2.22. The van der Waals surface area contributed by atoms with Crippen LogP contribution in [0, 0.1) is 6.92 Å². The van der Waals surface area contributed by atoms with Gasteiger partial charge in [-0.3, -0.25) is 4.79 Å². The summed E-state index contributed by atoms with van der Waals surface area (Å²) < 4.78 is 0.961. The first-order valence-corrected chi connectivity index (χ1v) is 5.81. The van der Waals surface area contributed by atoms with Gasteiger partial charge in [0.15, 0.2) is 0 Å². The minimum absolute atomic E-state index is 0.193. The largest absolute Gasteiger partial charge is 0.322 e. The number of anilines is 1. The van der Waals surface area contributed by atoms with Crippen LogP contribution in [-0.2, 0) is 0 Å². The lowest BCUT2D eigenvalue weighted by molar-refractivity contribution is 0.102. The highest BCUT2D eigenvalue weighted by Crippen LogP contribution is 2.23. The molecule has 0 spiro atoms. The molecule has 0 aliphatic carbocycles. The summed E-state index contributed by atoms with van der Waals surface area (Å²) in [5, 5.41) is 10.1. The number of carbonyl (C=O) groups is 1. The molecule has 0 atom stereocenters. The number of hydrogen-bond donors (Lipinski definition) is 1. The molecule has 4 nitrogen and oxygen atoms in total. The van der Waals surface area contributed by atoms with Gasteiger partial charge in [0.1, 0.15) is 0 Å². The third-order valence-corrected chi connectivity index (χ3v) is 3.22. The van der Waals surface area contributed by atoms with Gasteiger partial charge in [-0.25, -0.2) is 0 Å². The molecule has 0 saturated heterocycles. The maximum atomic E-state index is 11.9. The lowest BCUT2D eigenvalue weighted by atomic mass is 10.2. The van der Waals surface area contributed by atoms with Crippen molar-refractivity contribution in [2.24, 2.45) is 0 Å². The standard InChI is InChI=1S/C12H10BrN3O/c1-8-10(13)3-2-4-11(8)16-12(17)9-5-6-14-15-7-9/h2-7H,1H3,(H,16,17). The molecule has 86 valence electrons. The molecule has 17 heavy (non-hydrogen) atoms. The van der Waals surface area contributed by atoms with Crippen molar-refractivity contribution < 1.29 is 4.79 Å².